The molecular weight excluding hydrogens is 324 g/mol. The average Bonchev–Trinajstić information content (AvgIpc) is 2.93. The lowest BCUT2D eigenvalue weighted by Gasteiger charge is -2.62. The van der Waals surface area contributed by atoms with Crippen LogP contribution in [-0.4, -0.2) is 17.9 Å². The van der Waals surface area contributed by atoms with Gasteiger partial charge in [-0.15, -0.1) is 0 Å². The van der Waals surface area contributed by atoms with Crippen molar-refractivity contribution < 1.29 is 14.3 Å². The van der Waals surface area contributed by atoms with Gasteiger partial charge in [0, 0.05) is 24.7 Å². The van der Waals surface area contributed by atoms with Crippen LogP contribution in [0.2, 0.25) is 0 Å². The highest BCUT2D eigenvalue weighted by Crippen LogP contribution is 2.67. The molecule has 3 nitrogen and oxygen atoms in total. The molecule has 0 N–H and O–H groups in total. The Morgan fingerprint density at radius 3 is 2.58 bits per heavy atom. The van der Waals surface area contributed by atoms with E-state index in [4.69, 9.17) is 4.74 Å². The second-order valence-electron chi connectivity index (χ2n) is 10.4. The standard InChI is InChI=1S/C23H36O3/c1-5-20(25)26-19-7-6-17-21-14(2)12-15-13-16(24)8-10-22(15,3)18(21)9-11-23(17,19)4/h14-15,17-19,21H,5-13H2,1-4H3/t14-,15+,17+,18+,19+,21+,22+,23+/m1/s1. The molecule has 0 bridgehead atoms. The largest absolute Gasteiger partial charge is 0.462 e. The molecule has 4 aliphatic carbocycles. The second-order valence-corrected chi connectivity index (χ2v) is 10.4. The van der Waals surface area contributed by atoms with Crippen LogP contribution in [0.3, 0.4) is 0 Å². The van der Waals surface area contributed by atoms with Gasteiger partial charge >= 0.3 is 5.97 Å². The van der Waals surface area contributed by atoms with E-state index in [2.05, 4.69) is 20.8 Å². The number of ether oxygens (including phenoxy) is 1. The van der Waals surface area contributed by atoms with Gasteiger partial charge in [0.15, 0.2) is 0 Å². The molecule has 0 radical (unpaired) electrons. The summed E-state index contributed by atoms with van der Waals surface area (Å²) in [6.07, 6.45) is 9.22. The van der Waals surface area contributed by atoms with E-state index in [0.717, 1.165) is 37.5 Å². The van der Waals surface area contributed by atoms with E-state index in [9.17, 15) is 9.59 Å². The number of fused-ring (bicyclic) bond motifs is 5. The summed E-state index contributed by atoms with van der Waals surface area (Å²) >= 11 is 0. The summed E-state index contributed by atoms with van der Waals surface area (Å²) in [6.45, 7) is 9.23. The minimum absolute atomic E-state index is 0.0338. The first-order valence-electron chi connectivity index (χ1n) is 11.0. The first kappa shape index (κ1) is 18.5. The van der Waals surface area contributed by atoms with Gasteiger partial charge in [-0.25, -0.2) is 0 Å². The topological polar surface area (TPSA) is 43.4 Å². The van der Waals surface area contributed by atoms with E-state index in [-0.39, 0.29) is 17.5 Å². The van der Waals surface area contributed by atoms with Crippen LogP contribution in [-0.2, 0) is 14.3 Å². The van der Waals surface area contributed by atoms with Crippen molar-refractivity contribution in [2.75, 3.05) is 0 Å². The van der Waals surface area contributed by atoms with Gasteiger partial charge in [-0.05, 0) is 73.5 Å². The van der Waals surface area contributed by atoms with E-state index in [1.54, 1.807) is 0 Å². The number of ketones is 1. The molecule has 146 valence electrons. The highest BCUT2D eigenvalue weighted by atomic mass is 16.5. The number of hydrogen-bond donors (Lipinski definition) is 0. The van der Waals surface area contributed by atoms with Crippen LogP contribution in [0.5, 0.6) is 0 Å². The Morgan fingerprint density at radius 2 is 1.85 bits per heavy atom. The maximum absolute atomic E-state index is 12.1. The SMILES string of the molecule is CCC(=O)O[C@H]1CC[C@H]2[C@@H]3[C@H](C)C[C@H]4CC(=O)CC[C@]4(C)[C@H]3CC[C@]12C. The predicted molar refractivity (Wildman–Crippen MR) is 101 cm³/mol. The smallest absolute Gasteiger partial charge is 0.305 e. The Bertz CT molecular complexity index is 598. The quantitative estimate of drug-likeness (QED) is 0.638. The summed E-state index contributed by atoms with van der Waals surface area (Å²) in [5, 5.41) is 0. The van der Waals surface area contributed by atoms with Gasteiger partial charge in [0.2, 0.25) is 0 Å². The molecule has 0 aromatic carbocycles. The number of carbonyl (C=O) groups excluding carboxylic acids is 2. The zero-order valence-corrected chi connectivity index (χ0v) is 17.1. The van der Waals surface area contributed by atoms with Crippen molar-refractivity contribution in [2.45, 2.75) is 91.6 Å². The zero-order chi connectivity index (χ0) is 18.7. The van der Waals surface area contributed by atoms with Crippen molar-refractivity contribution in [2.24, 2.45) is 40.4 Å². The minimum atomic E-state index is -0.0338. The summed E-state index contributed by atoms with van der Waals surface area (Å²) in [4.78, 5) is 24.0. The van der Waals surface area contributed by atoms with E-state index in [1.165, 1.54) is 25.7 Å². The molecule has 26 heavy (non-hydrogen) atoms. The van der Waals surface area contributed by atoms with E-state index < -0.39 is 0 Å². The van der Waals surface area contributed by atoms with Crippen LogP contribution in [0.25, 0.3) is 0 Å². The lowest BCUT2D eigenvalue weighted by molar-refractivity contribution is -0.169. The van der Waals surface area contributed by atoms with Crippen LogP contribution in [0.1, 0.15) is 85.5 Å². The first-order valence-corrected chi connectivity index (χ1v) is 11.0. The number of Topliss-reactive ketones (excluding diaryl/α,β-unsaturated/α-hetero) is 1. The highest BCUT2D eigenvalue weighted by molar-refractivity contribution is 5.79. The third-order valence-electron chi connectivity index (χ3n) is 9.32. The fourth-order valence-electron chi connectivity index (χ4n) is 7.81. The molecule has 0 saturated heterocycles. The lowest BCUT2D eigenvalue weighted by atomic mass is 9.43. The summed E-state index contributed by atoms with van der Waals surface area (Å²) in [7, 11) is 0. The van der Waals surface area contributed by atoms with Crippen molar-refractivity contribution in [3.63, 3.8) is 0 Å². The predicted octanol–water partition coefficient (Wildman–Crippen LogP) is 5.17. The Hall–Kier alpha value is -0.860. The fourth-order valence-corrected chi connectivity index (χ4v) is 7.81. The normalized spacial score (nSPS) is 50.5. The molecule has 4 saturated carbocycles. The highest BCUT2D eigenvalue weighted by Gasteiger charge is 2.62. The summed E-state index contributed by atoms with van der Waals surface area (Å²) in [6, 6.07) is 0. The molecular formula is C23H36O3. The van der Waals surface area contributed by atoms with Crippen molar-refractivity contribution in [3.05, 3.63) is 0 Å². The average molecular weight is 361 g/mol. The monoisotopic (exact) mass is 360 g/mol. The van der Waals surface area contributed by atoms with Crippen LogP contribution in [0.4, 0.5) is 0 Å². The number of hydrogen-bond acceptors (Lipinski definition) is 3. The van der Waals surface area contributed by atoms with Gasteiger partial charge < -0.3 is 4.74 Å². The molecule has 0 aromatic heterocycles. The van der Waals surface area contributed by atoms with E-state index in [0.29, 0.717) is 35.4 Å². The second kappa shape index (κ2) is 6.34. The molecule has 8 atom stereocenters. The van der Waals surface area contributed by atoms with E-state index >= 15 is 0 Å². The van der Waals surface area contributed by atoms with Gasteiger partial charge in [0.05, 0.1) is 0 Å². The minimum Gasteiger partial charge on any atom is -0.462 e. The zero-order valence-electron chi connectivity index (χ0n) is 17.1. The molecule has 0 unspecified atom stereocenters. The number of rotatable bonds is 2. The van der Waals surface area contributed by atoms with Crippen LogP contribution in [0, 0.1) is 40.4 Å². The Morgan fingerprint density at radius 1 is 1.12 bits per heavy atom. The molecule has 4 fully saturated rings. The van der Waals surface area contributed by atoms with Crippen molar-refractivity contribution >= 4 is 11.8 Å². The third-order valence-corrected chi connectivity index (χ3v) is 9.32. The Balaban J connectivity index is 1.60. The van der Waals surface area contributed by atoms with Gasteiger partial charge in [-0.2, -0.15) is 0 Å². The van der Waals surface area contributed by atoms with Gasteiger partial charge in [-0.1, -0.05) is 27.7 Å². The number of esters is 1. The number of carbonyl (C=O) groups is 2. The Labute approximate surface area is 158 Å². The summed E-state index contributed by atoms with van der Waals surface area (Å²) in [5.41, 5.74) is 0.512. The molecule has 0 spiro atoms. The fraction of sp³-hybridized carbons (Fsp3) is 0.913. The van der Waals surface area contributed by atoms with E-state index in [1.807, 2.05) is 6.92 Å². The van der Waals surface area contributed by atoms with Crippen LogP contribution in [0.15, 0.2) is 0 Å². The molecule has 4 aliphatic rings. The molecule has 3 heteroatoms. The summed E-state index contributed by atoms with van der Waals surface area (Å²) < 4.78 is 5.91. The van der Waals surface area contributed by atoms with Gasteiger partial charge in [-0.3, -0.25) is 9.59 Å². The third kappa shape index (κ3) is 2.59. The molecule has 0 aromatic rings. The van der Waals surface area contributed by atoms with Crippen molar-refractivity contribution in [1.29, 1.82) is 0 Å². The lowest BCUT2D eigenvalue weighted by Crippen LogP contribution is -2.56. The van der Waals surface area contributed by atoms with Crippen molar-refractivity contribution in [3.8, 4) is 0 Å². The molecule has 0 amide bonds. The van der Waals surface area contributed by atoms with Gasteiger partial charge in [0.1, 0.15) is 11.9 Å². The van der Waals surface area contributed by atoms with Crippen molar-refractivity contribution in [1.82, 2.24) is 0 Å². The van der Waals surface area contributed by atoms with Gasteiger partial charge in [0.25, 0.3) is 0 Å². The first-order chi connectivity index (χ1) is 12.3. The maximum atomic E-state index is 12.1. The van der Waals surface area contributed by atoms with Crippen LogP contribution < -0.4 is 0 Å². The molecule has 0 aliphatic heterocycles. The van der Waals surface area contributed by atoms with Crippen LogP contribution >= 0.6 is 0 Å². The Kier molecular flexibility index (Phi) is 4.51. The summed E-state index contributed by atoms with van der Waals surface area (Å²) in [5.74, 6) is 3.92. The maximum Gasteiger partial charge on any atom is 0.305 e. The molecule has 0 heterocycles. The molecule has 4 rings (SSSR count).